The molecule has 0 radical (unpaired) electrons. The summed E-state index contributed by atoms with van der Waals surface area (Å²) < 4.78 is 5.34. The molecule has 3 nitrogen and oxygen atoms in total. The van der Waals surface area contributed by atoms with Crippen molar-refractivity contribution < 1.29 is 14.6 Å². The summed E-state index contributed by atoms with van der Waals surface area (Å²) in [5, 5.41) is 10.5. The fourth-order valence-corrected chi connectivity index (χ4v) is 2.62. The van der Waals surface area contributed by atoms with Gasteiger partial charge in [-0.1, -0.05) is 38.8 Å². The number of hydrogen-bond acceptors (Lipinski definition) is 3. The second kappa shape index (κ2) is 9.59. The number of carbonyl (C=O) groups is 1. The van der Waals surface area contributed by atoms with E-state index in [0.29, 0.717) is 5.75 Å². The van der Waals surface area contributed by atoms with E-state index in [2.05, 4.69) is 13.8 Å². The molecule has 1 rings (SSSR count). The van der Waals surface area contributed by atoms with Crippen LogP contribution in [-0.2, 0) is 22.4 Å². The Hall–Kier alpha value is -1.51. The van der Waals surface area contributed by atoms with Gasteiger partial charge in [0.05, 0.1) is 12.0 Å². The first kappa shape index (κ1) is 19.5. The molecule has 0 heterocycles. The van der Waals surface area contributed by atoms with E-state index in [4.69, 9.17) is 4.74 Å². The Labute approximate surface area is 141 Å². The fourth-order valence-electron chi connectivity index (χ4n) is 2.62. The predicted molar refractivity (Wildman–Crippen MR) is 95.0 cm³/mol. The SMILES string of the molecule is CCCCc1cc(C(C)C(=O)OC(C)C)cc(CCCC)c1O. The molecule has 0 fully saturated rings. The molecule has 0 bridgehead atoms. The van der Waals surface area contributed by atoms with Gasteiger partial charge in [-0.3, -0.25) is 4.79 Å². The number of phenolic OH excluding ortho intramolecular Hbond substituents is 1. The molecule has 130 valence electrons. The van der Waals surface area contributed by atoms with E-state index in [1.807, 2.05) is 32.9 Å². The molecule has 1 N–H and O–H groups in total. The Morgan fingerprint density at radius 1 is 1.04 bits per heavy atom. The smallest absolute Gasteiger partial charge is 0.313 e. The lowest BCUT2D eigenvalue weighted by Crippen LogP contribution is -2.18. The summed E-state index contributed by atoms with van der Waals surface area (Å²) in [6, 6.07) is 3.96. The molecule has 1 aromatic carbocycles. The van der Waals surface area contributed by atoms with Crippen molar-refractivity contribution in [3.63, 3.8) is 0 Å². The van der Waals surface area contributed by atoms with E-state index in [1.165, 1.54) is 0 Å². The monoisotopic (exact) mass is 320 g/mol. The molecule has 0 saturated carbocycles. The van der Waals surface area contributed by atoms with Crippen molar-refractivity contribution in [2.75, 3.05) is 0 Å². The Morgan fingerprint density at radius 2 is 1.52 bits per heavy atom. The van der Waals surface area contributed by atoms with Gasteiger partial charge in [-0.05, 0) is 63.1 Å². The van der Waals surface area contributed by atoms with Gasteiger partial charge < -0.3 is 9.84 Å². The Morgan fingerprint density at radius 3 is 1.91 bits per heavy atom. The third kappa shape index (κ3) is 5.89. The van der Waals surface area contributed by atoms with Crippen molar-refractivity contribution >= 4 is 5.97 Å². The summed E-state index contributed by atoms with van der Waals surface area (Å²) in [4.78, 5) is 12.2. The number of aromatic hydroxyl groups is 1. The van der Waals surface area contributed by atoms with Gasteiger partial charge in [-0.2, -0.15) is 0 Å². The maximum absolute atomic E-state index is 12.2. The number of aryl methyl sites for hydroxylation is 2. The first-order valence-corrected chi connectivity index (χ1v) is 8.95. The van der Waals surface area contributed by atoms with Gasteiger partial charge in [0.2, 0.25) is 0 Å². The normalized spacial score (nSPS) is 12.4. The van der Waals surface area contributed by atoms with Gasteiger partial charge in [-0.25, -0.2) is 0 Å². The van der Waals surface area contributed by atoms with E-state index in [-0.39, 0.29) is 18.0 Å². The second-order valence-electron chi connectivity index (χ2n) is 6.60. The maximum Gasteiger partial charge on any atom is 0.313 e. The van der Waals surface area contributed by atoms with Crippen LogP contribution in [-0.4, -0.2) is 17.2 Å². The van der Waals surface area contributed by atoms with Crippen molar-refractivity contribution in [1.82, 2.24) is 0 Å². The van der Waals surface area contributed by atoms with Crippen LogP contribution >= 0.6 is 0 Å². The highest BCUT2D eigenvalue weighted by molar-refractivity contribution is 5.78. The van der Waals surface area contributed by atoms with Crippen LogP contribution in [0.15, 0.2) is 12.1 Å². The number of ether oxygens (including phenoxy) is 1. The molecule has 0 aliphatic carbocycles. The molecule has 23 heavy (non-hydrogen) atoms. The lowest BCUT2D eigenvalue weighted by Gasteiger charge is -2.18. The fraction of sp³-hybridized carbons (Fsp3) is 0.650. The summed E-state index contributed by atoms with van der Waals surface area (Å²) in [7, 11) is 0. The zero-order valence-corrected chi connectivity index (χ0v) is 15.3. The molecule has 1 aromatic rings. The molecule has 0 spiro atoms. The van der Waals surface area contributed by atoms with Crippen LogP contribution in [0.1, 0.15) is 82.9 Å². The van der Waals surface area contributed by atoms with Crippen LogP contribution in [0, 0.1) is 0 Å². The van der Waals surface area contributed by atoms with Gasteiger partial charge in [0.1, 0.15) is 5.75 Å². The number of unbranched alkanes of at least 4 members (excludes halogenated alkanes) is 2. The zero-order valence-electron chi connectivity index (χ0n) is 15.3. The van der Waals surface area contributed by atoms with Gasteiger partial charge in [0, 0.05) is 0 Å². The van der Waals surface area contributed by atoms with Crippen molar-refractivity contribution in [2.45, 2.75) is 85.2 Å². The molecule has 1 unspecified atom stereocenters. The number of hydrogen-bond donors (Lipinski definition) is 1. The van der Waals surface area contributed by atoms with Gasteiger partial charge in [-0.15, -0.1) is 0 Å². The summed E-state index contributed by atoms with van der Waals surface area (Å²) in [5.74, 6) is -0.0904. The molecule has 3 heteroatoms. The quantitative estimate of drug-likeness (QED) is 0.641. The van der Waals surface area contributed by atoms with Crippen molar-refractivity contribution in [3.05, 3.63) is 28.8 Å². The highest BCUT2D eigenvalue weighted by atomic mass is 16.5. The Balaban J connectivity index is 3.11. The minimum Gasteiger partial charge on any atom is -0.507 e. The largest absolute Gasteiger partial charge is 0.507 e. The molecule has 1 atom stereocenters. The zero-order chi connectivity index (χ0) is 17.4. The van der Waals surface area contributed by atoms with E-state index in [9.17, 15) is 9.90 Å². The van der Waals surface area contributed by atoms with Crippen molar-refractivity contribution in [1.29, 1.82) is 0 Å². The average molecular weight is 320 g/mol. The highest BCUT2D eigenvalue weighted by Gasteiger charge is 2.21. The number of esters is 1. The maximum atomic E-state index is 12.2. The van der Waals surface area contributed by atoms with E-state index in [0.717, 1.165) is 55.2 Å². The number of phenols is 1. The van der Waals surface area contributed by atoms with Crippen LogP contribution in [0.5, 0.6) is 5.75 Å². The summed E-state index contributed by atoms with van der Waals surface area (Å²) >= 11 is 0. The van der Waals surface area contributed by atoms with Crippen LogP contribution in [0.3, 0.4) is 0 Å². The van der Waals surface area contributed by atoms with Gasteiger partial charge >= 0.3 is 5.97 Å². The summed E-state index contributed by atoms with van der Waals surface area (Å²) in [6.07, 6.45) is 5.82. The standard InChI is InChI=1S/C20H32O3/c1-6-8-10-16-12-18(15(5)20(22)23-14(3)4)13-17(19(16)21)11-9-7-2/h12-15,21H,6-11H2,1-5H3. The van der Waals surface area contributed by atoms with Crippen LogP contribution in [0.25, 0.3) is 0 Å². The third-order valence-corrected chi connectivity index (χ3v) is 4.09. The number of benzene rings is 1. The topological polar surface area (TPSA) is 46.5 Å². The lowest BCUT2D eigenvalue weighted by atomic mass is 9.92. The lowest BCUT2D eigenvalue weighted by molar-refractivity contribution is -0.148. The third-order valence-electron chi connectivity index (χ3n) is 4.09. The Bertz CT molecular complexity index is 477. The average Bonchev–Trinajstić information content (AvgIpc) is 2.51. The van der Waals surface area contributed by atoms with Crippen LogP contribution < -0.4 is 0 Å². The van der Waals surface area contributed by atoms with Crippen molar-refractivity contribution in [3.8, 4) is 5.75 Å². The van der Waals surface area contributed by atoms with Crippen molar-refractivity contribution in [2.24, 2.45) is 0 Å². The van der Waals surface area contributed by atoms with Gasteiger partial charge in [0.15, 0.2) is 0 Å². The van der Waals surface area contributed by atoms with E-state index >= 15 is 0 Å². The molecule has 0 aliphatic heterocycles. The highest BCUT2D eigenvalue weighted by Crippen LogP contribution is 2.31. The number of rotatable bonds is 9. The molecule has 0 amide bonds. The first-order valence-electron chi connectivity index (χ1n) is 8.95. The summed E-state index contributed by atoms with van der Waals surface area (Å²) in [6.45, 7) is 9.88. The Kier molecular flexibility index (Phi) is 8.15. The molecular formula is C20H32O3. The minimum atomic E-state index is -0.307. The van der Waals surface area contributed by atoms with Crippen LogP contribution in [0.2, 0.25) is 0 Å². The second-order valence-corrected chi connectivity index (χ2v) is 6.60. The minimum absolute atomic E-state index is 0.110. The molecular weight excluding hydrogens is 288 g/mol. The van der Waals surface area contributed by atoms with Crippen LogP contribution in [0.4, 0.5) is 0 Å². The number of carbonyl (C=O) groups excluding carboxylic acids is 1. The molecule has 0 aromatic heterocycles. The van der Waals surface area contributed by atoms with Gasteiger partial charge in [0.25, 0.3) is 0 Å². The first-order chi connectivity index (χ1) is 10.9. The van der Waals surface area contributed by atoms with E-state index < -0.39 is 0 Å². The summed E-state index contributed by atoms with van der Waals surface area (Å²) in [5.41, 5.74) is 2.87. The van der Waals surface area contributed by atoms with E-state index in [1.54, 1.807) is 0 Å². The molecule has 0 saturated heterocycles. The predicted octanol–water partition coefficient (Wildman–Crippen LogP) is 5.13. The molecule has 0 aliphatic rings.